The maximum absolute atomic E-state index is 4.61. The standard InChI is InChI=1S/C12H13BrN2/c1-8-14-11-7-9(13)5-6-12(11)15(8)10-3-2-4-10/h5-7,10H,2-4H2,1H3. The number of hydrogen-bond acceptors (Lipinski definition) is 1. The minimum Gasteiger partial charge on any atom is -0.325 e. The summed E-state index contributed by atoms with van der Waals surface area (Å²) in [7, 11) is 0. The van der Waals surface area contributed by atoms with Crippen molar-refractivity contribution in [3.05, 3.63) is 28.5 Å². The SMILES string of the molecule is Cc1nc2cc(Br)ccc2n1C1CCC1. The Kier molecular flexibility index (Phi) is 2.09. The average Bonchev–Trinajstić information content (AvgIpc) is 2.40. The van der Waals surface area contributed by atoms with E-state index >= 15 is 0 Å². The normalized spacial score (nSPS) is 16.9. The summed E-state index contributed by atoms with van der Waals surface area (Å²) in [5, 5.41) is 0. The highest BCUT2D eigenvalue weighted by atomic mass is 79.9. The number of aromatic nitrogens is 2. The van der Waals surface area contributed by atoms with Gasteiger partial charge in [0, 0.05) is 10.5 Å². The Morgan fingerprint density at radius 3 is 2.87 bits per heavy atom. The summed E-state index contributed by atoms with van der Waals surface area (Å²) in [5.74, 6) is 1.15. The summed E-state index contributed by atoms with van der Waals surface area (Å²) in [6.07, 6.45) is 3.98. The van der Waals surface area contributed by atoms with Crippen LogP contribution in [0.4, 0.5) is 0 Å². The number of imidazole rings is 1. The van der Waals surface area contributed by atoms with Crippen molar-refractivity contribution in [2.75, 3.05) is 0 Å². The molecular formula is C12H13BrN2. The Bertz CT molecular complexity index is 512. The largest absolute Gasteiger partial charge is 0.325 e. The lowest BCUT2D eigenvalue weighted by Gasteiger charge is -2.28. The van der Waals surface area contributed by atoms with E-state index in [4.69, 9.17) is 0 Å². The van der Waals surface area contributed by atoms with Crippen LogP contribution in [0.2, 0.25) is 0 Å². The van der Waals surface area contributed by atoms with E-state index in [0.29, 0.717) is 6.04 Å². The fraction of sp³-hybridized carbons (Fsp3) is 0.417. The van der Waals surface area contributed by atoms with Gasteiger partial charge >= 0.3 is 0 Å². The van der Waals surface area contributed by atoms with E-state index < -0.39 is 0 Å². The zero-order chi connectivity index (χ0) is 10.4. The lowest BCUT2D eigenvalue weighted by Crippen LogP contribution is -2.17. The summed E-state index contributed by atoms with van der Waals surface area (Å²) in [5.41, 5.74) is 2.38. The van der Waals surface area contributed by atoms with Gasteiger partial charge in [0.15, 0.2) is 0 Å². The molecule has 0 saturated heterocycles. The molecule has 3 rings (SSSR count). The molecule has 0 aliphatic heterocycles. The van der Waals surface area contributed by atoms with Crippen molar-refractivity contribution in [2.24, 2.45) is 0 Å². The second-order valence-corrected chi connectivity index (χ2v) is 5.16. The van der Waals surface area contributed by atoms with Gasteiger partial charge in [0.2, 0.25) is 0 Å². The first-order valence-corrected chi connectivity index (χ1v) is 6.19. The molecule has 1 aromatic heterocycles. The van der Waals surface area contributed by atoms with E-state index in [0.717, 1.165) is 15.8 Å². The molecule has 0 N–H and O–H groups in total. The minimum absolute atomic E-state index is 0.691. The number of rotatable bonds is 1. The molecular weight excluding hydrogens is 252 g/mol. The van der Waals surface area contributed by atoms with Gasteiger partial charge in [0.05, 0.1) is 11.0 Å². The Labute approximate surface area is 97.4 Å². The summed E-state index contributed by atoms with van der Waals surface area (Å²) >= 11 is 3.49. The average molecular weight is 265 g/mol. The van der Waals surface area contributed by atoms with Crippen molar-refractivity contribution < 1.29 is 0 Å². The molecule has 0 atom stereocenters. The predicted molar refractivity (Wildman–Crippen MR) is 65.1 cm³/mol. The Morgan fingerprint density at radius 1 is 1.40 bits per heavy atom. The number of fused-ring (bicyclic) bond motifs is 1. The molecule has 1 aromatic carbocycles. The van der Waals surface area contributed by atoms with Gasteiger partial charge in [-0.05, 0) is 44.4 Å². The zero-order valence-corrected chi connectivity index (χ0v) is 10.3. The van der Waals surface area contributed by atoms with Crippen LogP contribution in [0.5, 0.6) is 0 Å². The molecule has 1 heterocycles. The van der Waals surface area contributed by atoms with Gasteiger partial charge in [0.1, 0.15) is 5.82 Å². The number of aryl methyl sites for hydroxylation is 1. The second-order valence-electron chi connectivity index (χ2n) is 4.25. The van der Waals surface area contributed by atoms with E-state index in [1.54, 1.807) is 0 Å². The predicted octanol–water partition coefficient (Wildman–Crippen LogP) is 3.83. The van der Waals surface area contributed by atoms with Gasteiger partial charge in [-0.25, -0.2) is 4.98 Å². The molecule has 1 fully saturated rings. The minimum atomic E-state index is 0.691. The van der Waals surface area contributed by atoms with E-state index in [1.165, 1.54) is 24.8 Å². The van der Waals surface area contributed by atoms with Crippen LogP contribution in [-0.4, -0.2) is 9.55 Å². The topological polar surface area (TPSA) is 17.8 Å². The monoisotopic (exact) mass is 264 g/mol. The van der Waals surface area contributed by atoms with Crippen LogP contribution in [0.25, 0.3) is 11.0 Å². The molecule has 15 heavy (non-hydrogen) atoms. The quantitative estimate of drug-likeness (QED) is 0.766. The highest BCUT2D eigenvalue weighted by Crippen LogP contribution is 2.35. The van der Waals surface area contributed by atoms with Crippen LogP contribution in [0.3, 0.4) is 0 Å². The van der Waals surface area contributed by atoms with Crippen LogP contribution in [0.15, 0.2) is 22.7 Å². The van der Waals surface area contributed by atoms with Gasteiger partial charge in [0.25, 0.3) is 0 Å². The maximum Gasteiger partial charge on any atom is 0.106 e. The zero-order valence-electron chi connectivity index (χ0n) is 8.70. The summed E-state index contributed by atoms with van der Waals surface area (Å²) in [4.78, 5) is 4.61. The molecule has 0 radical (unpaired) electrons. The Hall–Kier alpha value is -0.830. The van der Waals surface area contributed by atoms with Crippen LogP contribution >= 0.6 is 15.9 Å². The molecule has 0 spiro atoms. The van der Waals surface area contributed by atoms with Crippen LogP contribution in [-0.2, 0) is 0 Å². The Morgan fingerprint density at radius 2 is 2.20 bits per heavy atom. The molecule has 1 saturated carbocycles. The van der Waals surface area contributed by atoms with E-state index in [2.05, 4.69) is 50.6 Å². The maximum atomic E-state index is 4.61. The fourth-order valence-electron chi connectivity index (χ4n) is 2.30. The molecule has 3 heteroatoms. The first-order valence-electron chi connectivity index (χ1n) is 5.40. The lowest BCUT2D eigenvalue weighted by atomic mass is 9.92. The number of benzene rings is 1. The molecule has 1 aliphatic carbocycles. The molecule has 0 unspecified atom stereocenters. The molecule has 78 valence electrons. The fourth-order valence-corrected chi connectivity index (χ4v) is 2.65. The van der Waals surface area contributed by atoms with E-state index in [1.807, 2.05) is 0 Å². The van der Waals surface area contributed by atoms with Gasteiger partial charge in [-0.15, -0.1) is 0 Å². The number of halogens is 1. The summed E-state index contributed by atoms with van der Waals surface area (Å²) in [6, 6.07) is 7.05. The highest BCUT2D eigenvalue weighted by molar-refractivity contribution is 9.10. The van der Waals surface area contributed by atoms with Gasteiger partial charge < -0.3 is 4.57 Å². The van der Waals surface area contributed by atoms with Crippen molar-refractivity contribution >= 4 is 27.0 Å². The molecule has 2 aromatic rings. The molecule has 2 nitrogen and oxygen atoms in total. The van der Waals surface area contributed by atoms with Gasteiger partial charge in [-0.3, -0.25) is 0 Å². The summed E-state index contributed by atoms with van der Waals surface area (Å²) in [6.45, 7) is 2.10. The van der Waals surface area contributed by atoms with Gasteiger partial charge in [-0.1, -0.05) is 15.9 Å². The van der Waals surface area contributed by atoms with Crippen LogP contribution in [0, 0.1) is 6.92 Å². The number of hydrogen-bond donors (Lipinski definition) is 0. The third kappa shape index (κ3) is 1.41. The molecule has 1 aliphatic rings. The highest BCUT2D eigenvalue weighted by Gasteiger charge is 2.22. The molecule has 0 amide bonds. The first-order chi connectivity index (χ1) is 7.25. The van der Waals surface area contributed by atoms with E-state index in [9.17, 15) is 0 Å². The van der Waals surface area contributed by atoms with Crippen molar-refractivity contribution in [2.45, 2.75) is 32.2 Å². The third-order valence-electron chi connectivity index (χ3n) is 3.27. The van der Waals surface area contributed by atoms with Crippen molar-refractivity contribution in [3.8, 4) is 0 Å². The van der Waals surface area contributed by atoms with Crippen molar-refractivity contribution in [1.29, 1.82) is 0 Å². The smallest absolute Gasteiger partial charge is 0.106 e. The van der Waals surface area contributed by atoms with E-state index in [-0.39, 0.29) is 0 Å². The Balaban J connectivity index is 2.23. The molecule has 0 bridgehead atoms. The third-order valence-corrected chi connectivity index (χ3v) is 3.76. The van der Waals surface area contributed by atoms with Crippen molar-refractivity contribution in [1.82, 2.24) is 9.55 Å². The number of nitrogens with zero attached hydrogens (tertiary/aromatic N) is 2. The van der Waals surface area contributed by atoms with Crippen molar-refractivity contribution in [3.63, 3.8) is 0 Å². The lowest BCUT2D eigenvalue weighted by molar-refractivity contribution is 0.316. The second kappa shape index (κ2) is 3.34. The summed E-state index contributed by atoms with van der Waals surface area (Å²) < 4.78 is 3.50. The van der Waals surface area contributed by atoms with Crippen LogP contribution < -0.4 is 0 Å². The first kappa shape index (κ1) is 9.40. The van der Waals surface area contributed by atoms with Gasteiger partial charge in [-0.2, -0.15) is 0 Å². The van der Waals surface area contributed by atoms with Crippen LogP contribution in [0.1, 0.15) is 31.1 Å².